The number of rotatable bonds is 7. The first-order chi connectivity index (χ1) is 15.8. The lowest BCUT2D eigenvalue weighted by atomic mass is 10.1. The van der Waals surface area contributed by atoms with Gasteiger partial charge in [0.25, 0.3) is 0 Å². The summed E-state index contributed by atoms with van der Waals surface area (Å²) in [6.07, 6.45) is 4.04. The number of aromatic nitrogens is 3. The molecule has 0 bridgehead atoms. The number of pyridine rings is 1. The van der Waals surface area contributed by atoms with Crippen molar-refractivity contribution in [2.24, 2.45) is 0 Å². The predicted octanol–water partition coefficient (Wildman–Crippen LogP) is 7.42. The molecule has 0 aliphatic heterocycles. The van der Waals surface area contributed by atoms with Gasteiger partial charge in [0.1, 0.15) is 10.6 Å². The molecule has 0 radical (unpaired) electrons. The zero-order chi connectivity index (χ0) is 24.6. The minimum Gasteiger partial charge on any atom is -0.495 e. The van der Waals surface area contributed by atoms with Crippen molar-refractivity contribution in [1.29, 1.82) is 0 Å². The maximum absolute atomic E-state index is 13.1. The van der Waals surface area contributed by atoms with Crippen molar-refractivity contribution >= 4 is 10.2 Å². The number of hydrogen-bond donors (Lipinski definition) is 0. The van der Waals surface area contributed by atoms with Gasteiger partial charge in [-0.3, -0.25) is 4.98 Å². The summed E-state index contributed by atoms with van der Waals surface area (Å²) in [5, 5.41) is 0. The fourth-order valence-electron chi connectivity index (χ4n) is 3.64. The van der Waals surface area contributed by atoms with Crippen molar-refractivity contribution in [3.05, 3.63) is 101 Å². The van der Waals surface area contributed by atoms with Gasteiger partial charge in [-0.2, -0.15) is 0 Å². The molecule has 34 heavy (non-hydrogen) atoms. The maximum atomic E-state index is 13.1. The Kier molecular flexibility index (Phi) is 5.47. The van der Waals surface area contributed by atoms with Crippen molar-refractivity contribution < 1.29 is 24.2 Å². The van der Waals surface area contributed by atoms with E-state index in [4.69, 9.17) is 4.74 Å². The first-order valence-electron chi connectivity index (χ1n) is 10.3. The van der Waals surface area contributed by atoms with Crippen LogP contribution in [0.25, 0.3) is 5.69 Å². The molecule has 2 aromatic carbocycles. The van der Waals surface area contributed by atoms with E-state index in [1.54, 1.807) is 31.6 Å². The van der Waals surface area contributed by atoms with Crippen LogP contribution < -0.4 is 4.74 Å². The van der Waals surface area contributed by atoms with E-state index in [-0.39, 0.29) is 12.0 Å². The molecular formula is C24H22F5N3OS. The third-order valence-corrected chi connectivity index (χ3v) is 6.36. The van der Waals surface area contributed by atoms with Crippen molar-refractivity contribution in [1.82, 2.24) is 14.5 Å². The molecule has 180 valence electrons. The van der Waals surface area contributed by atoms with Crippen LogP contribution in [0.1, 0.15) is 28.2 Å². The summed E-state index contributed by atoms with van der Waals surface area (Å²) >= 11 is 0. The Morgan fingerprint density at radius 3 is 2.09 bits per heavy atom. The minimum atomic E-state index is -9.73. The highest BCUT2D eigenvalue weighted by Crippen LogP contribution is 3.02. The van der Waals surface area contributed by atoms with Crippen LogP contribution in [0.2, 0.25) is 0 Å². The third kappa shape index (κ3) is 5.56. The first kappa shape index (κ1) is 23.7. The Hall–Kier alpha value is -3.40. The smallest absolute Gasteiger partial charge is 0.310 e. The monoisotopic (exact) mass is 495 g/mol. The number of halogens is 5. The Balaban J connectivity index is 1.55. The van der Waals surface area contributed by atoms with Crippen LogP contribution in [0.5, 0.6) is 5.75 Å². The van der Waals surface area contributed by atoms with Crippen molar-refractivity contribution in [2.45, 2.75) is 24.7 Å². The van der Waals surface area contributed by atoms with Crippen molar-refractivity contribution in [3.8, 4) is 11.4 Å². The molecule has 0 atom stereocenters. The van der Waals surface area contributed by atoms with Crippen LogP contribution in [0.3, 0.4) is 0 Å². The summed E-state index contributed by atoms with van der Waals surface area (Å²) in [7, 11) is -8.16. The molecule has 0 aliphatic rings. The number of imidazole rings is 1. The van der Waals surface area contributed by atoms with Gasteiger partial charge in [0.15, 0.2) is 0 Å². The highest BCUT2D eigenvalue weighted by molar-refractivity contribution is 8.45. The van der Waals surface area contributed by atoms with Gasteiger partial charge in [0.2, 0.25) is 0 Å². The van der Waals surface area contributed by atoms with E-state index in [1.807, 2.05) is 35.9 Å². The van der Waals surface area contributed by atoms with Crippen LogP contribution in [0, 0.1) is 6.92 Å². The summed E-state index contributed by atoms with van der Waals surface area (Å²) in [6, 6.07) is 14.2. The lowest BCUT2D eigenvalue weighted by molar-refractivity contribution is 0.364. The normalized spacial score (nSPS) is 13.9. The van der Waals surface area contributed by atoms with Gasteiger partial charge < -0.3 is 9.30 Å². The molecule has 0 spiro atoms. The lowest BCUT2D eigenvalue weighted by Crippen LogP contribution is -2.06. The minimum absolute atomic E-state index is 0.00222. The molecule has 2 heterocycles. The predicted molar refractivity (Wildman–Crippen MR) is 123 cm³/mol. The molecule has 0 N–H and O–H groups in total. The van der Waals surface area contributed by atoms with Gasteiger partial charge in [-0.15, -0.1) is 0 Å². The molecule has 0 amide bonds. The molecule has 4 aromatic rings. The largest absolute Gasteiger partial charge is 0.495 e. The molecule has 0 unspecified atom stereocenters. The van der Waals surface area contributed by atoms with Crippen LogP contribution in [-0.4, -0.2) is 21.6 Å². The van der Waals surface area contributed by atoms with Crippen LogP contribution in [0.4, 0.5) is 19.4 Å². The molecule has 10 heteroatoms. The zero-order valence-corrected chi connectivity index (χ0v) is 19.2. The van der Waals surface area contributed by atoms with Gasteiger partial charge in [0, 0.05) is 30.4 Å². The topological polar surface area (TPSA) is 39.9 Å². The number of nitrogens with zero attached hydrogens (tertiary/aromatic N) is 3. The quantitative estimate of drug-likeness (QED) is 0.251. The Bertz CT molecular complexity index is 1350. The van der Waals surface area contributed by atoms with E-state index in [0.717, 1.165) is 23.0 Å². The van der Waals surface area contributed by atoms with Gasteiger partial charge in [-0.25, -0.2) is 4.98 Å². The average molecular weight is 496 g/mol. The number of aryl methyl sites for hydroxylation is 1. The zero-order valence-electron chi connectivity index (χ0n) is 18.4. The van der Waals surface area contributed by atoms with Crippen molar-refractivity contribution in [2.75, 3.05) is 7.11 Å². The van der Waals surface area contributed by atoms with E-state index in [9.17, 15) is 19.4 Å². The molecular weight excluding hydrogens is 473 g/mol. The second kappa shape index (κ2) is 7.83. The number of methoxy groups -OCH3 is 1. The SMILES string of the molecule is COc1cc(Cc2cccc(Cc3cccc(S(F)(F)(F)(F)F)c3)n2)ccc1-n1cnc(C)c1. The van der Waals surface area contributed by atoms with E-state index in [1.165, 1.54) is 6.07 Å². The fourth-order valence-corrected chi connectivity index (χ4v) is 4.35. The van der Waals surface area contributed by atoms with Gasteiger partial charge in [0.05, 0.1) is 24.8 Å². The highest BCUT2D eigenvalue weighted by Gasteiger charge is 2.65. The maximum Gasteiger partial charge on any atom is 0.310 e. The van der Waals surface area contributed by atoms with E-state index in [0.29, 0.717) is 35.7 Å². The standard InChI is InChI=1S/C24H22F5N3OS/c1-17-15-32(16-30-17)23-10-9-19(14-24(23)33-2)12-21-7-4-6-20(31-21)11-18-5-3-8-22(13-18)34(25,26,27,28)29/h3-10,13-16H,11-12H2,1-2H3. The summed E-state index contributed by atoms with van der Waals surface area (Å²) in [4.78, 5) is 6.84. The van der Waals surface area contributed by atoms with Gasteiger partial charge in [-0.1, -0.05) is 43.7 Å². The molecule has 0 saturated heterocycles. The molecule has 4 nitrogen and oxygen atoms in total. The van der Waals surface area contributed by atoms with Gasteiger partial charge in [-0.05, 0) is 54.4 Å². The van der Waals surface area contributed by atoms with Crippen LogP contribution >= 0.6 is 10.2 Å². The lowest BCUT2D eigenvalue weighted by Gasteiger charge is -2.40. The third-order valence-electron chi connectivity index (χ3n) is 5.21. The Morgan fingerprint density at radius 1 is 0.853 bits per heavy atom. The average Bonchev–Trinajstić information content (AvgIpc) is 3.18. The first-order valence-corrected chi connectivity index (χ1v) is 12.2. The van der Waals surface area contributed by atoms with Crippen LogP contribution in [0.15, 0.2) is 78.1 Å². The van der Waals surface area contributed by atoms with E-state index in [2.05, 4.69) is 9.97 Å². The summed E-state index contributed by atoms with van der Waals surface area (Å²) in [5.41, 5.74) is 3.90. The Morgan fingerprint density at radius 2 is 1.50 bits per heavy atom. The molecule has 0 aliphatic carbocycles. The van der Waals surface area contributed by atoms with E-state index >= 15 is 0 Å². The van der Waals surface area contributed by atoms with Crippen molar-refractivity contribution in [3.63, 3.8) is 0 Å². The fraction of sp³-hybridized carbons (Fsp3) is 0.167. The van der Waals surface area contributed by atoms with Crippen LogP contribution in [-0.2, 0) is 12.8 Å². The molecule has 0 saturated carbocycles. The molecule has 2 aromatic heterocycles. The number of benzene rings is 2. The molecule has 0 fully saturated rings. The molecule has 4 rings (SSSR count). The number of hydrogen-bond acceptors (Lipinski definition) is 3. The summed E-state index contributed by atoms with van der Waals surface area (Å²) in [6.45, 7) is 1.89. The highest BCUT2D eigenvalue weighted by atomic mass is 32.5. The summed E-state index contributed by atoms with van der Waals surface area (Å²) < 4.78 is 73.1. The Labute approximate surface area is 193 Å². The summed E-state index contributed by atoms with van der Waals surface area (Å²) in [5.74, 6) is 0.652. The second-order valence-corrected chi connectivity index (χ2v) is 10.4. The van der Waals surface area contributed by atoms with E-state index < -0.39 is 15.1 Å². The second-order valence-electron chi connectivity index (χ2n) is 8.02. The number of ether oxygens (including phenoxy) is 1. The van der Waals surface area contributed by atoms with Gasteiger partial charge >= 0.3 is 10.2 Å².